The van der Waals surface area contributed by atoms with Crippen molar-refractivity contribution < 1.29 is 22.7 Å². The summed E-state index contributed by atoms with van der Waals surface area (Å²) in [7, 11) is -3.85. The summed E-state index contributed by atoms with van der Waals surface area (Å²) in [6.45, 7) is 7.30. The summed E-state index contributed by atoms with van der Waals surface area (Å²) >= 11 is 0. The van der Waals surface area contributed by atoms with Crippen LogP contribution in [0, 0.1) is 13.8 Å². The van der Waals surface area contributed by atoms with Crippen molar-refractivity contribution in [1.82, 2.24) is 4.31 Å². The van der Waals surface area contributed by atoms with Gasteiger partial charge < -0.3 is 9.52 Å². The molecule has 1 rings (SSSR count). The Bertz CT molecular complexity index is 588. The number of carboxylic acids is 1. The predicted molar refractivity (Wildman–Crippen MR) is 74.5 cm³/mol. The van der Waals surface area contributed by atoms with Gasteiger partial charge in [0.05, 0.1) is 0 Å². The molecule has 1 heterocycles. The van der Waals surface area contributed by atoms with Crippen molar-refractivity contribution in [3.05, 3.63) is 17.1 Å². The zero-order valence-corrected chi connectivity index (χ0v) is 13.1. The second-order valence-corrected chi connectivity index (χ2v) is 6.45. The van der Waals surface area contributed by atoms with Gasteiger partial charge in [-0.05, 0) is 20.3 Å². The van der Waals surface area contributed by atoms with Crippen molar-refractivity contribution in [3.8, 4) is 0 Å². The second-order valence-electron chi connectivity index (χ2n) is 4.57. The zero-order valence-electron chi connectivity index (χ0n) is 12.3. The van der Waals surface area contributed by atoms with Gasteiger partial charge >= 0.3 is 5.97 Å². The van der Waals surface area contributed by atoms with Crippen molar-refractivity contribution in [2.24, 2.45) is 0 Å². The Morgan fingerprint density at radius 2 is 1.85 bits per heavy atom. The molecule has 7 heteroatoms. The Labute approximate surface area is 119 Å². The van der Waals surface area contributed by atoms with Gasteiger partial charge in [-0.3, -0.25) is 0 Å². The number of carbonyl (C=O) groups is 1. The molecular weight excluding hydrogens is 282 g/mol. The third kappa shape index (κ3) is 3.04. The van der Waals surface area contributed by atoms with Crippen LogP contribution >= 0.6 is 0 Å². The number of rotatable bonds is 7. The van der Waals surface area contributed by atoms with Gasteiger partial charge in [-0.25, -0.2) is 13.2 Å². The van der Waals surface area contributed by atoms with Gasteiger partial charge in [-0.1, -0.05) is 20.3 Å². The third-order valence-corrected chi connectivity index (χ3v) is 5.26. The van der Waals surface area contributed by atoms with Crippen molar-refractivity contribution in [3.63, 3.8) is 0 Å². The van der Waals surface area contributed by atoms with Crippen LogP contribution in [0.4, 0.5) is 0 Å². The molecule has 0 aliphatic rings. The van der Waals surface area contributed by atoms with Crippen LogP contribution in [0.15, 0.2) is 9.31 Å². The minimum atomic E-state index is -3.85. The minimum absolute atomic E-state index is 0.111. The SMILES string of the molecule is CCCCN(CC)S(=O)(=O)c1c(C)oc(C)c1C(=O)O. The lowest BCUT2D eigenvalue weighted by atomic mass is 10.2. The average molecular weight is 303 g/mol. The summed E-state index contributed by atoms with van der Waals surface area (Å²) in [6.07, 6.45) is 1.59. The lowest BCUT2D eigenvalue weighted by Gasteiger charge is -2.20. The van der Waals surface area contributed by atoms with Gasteiger partial charge in [0.25, 0.3) is 0 Å². The first-order chi connectivity index (χ1) is 9.27. The number of hydrogen-bond acceptors (Lipinski definition) is 4. The second kappa shape index (κ2) is 6.41. The van der Waals surface area contributed by atoms with Gasteiger partial charge in [0.1, 0.15) is 22.0 Å². The van der Waals surface area contributed by atoms with Gasteiger partial charge in [0.15, 0.2) is 0 Å². The fourth-order valence-electron chi connectivity index (χ4n) is 2.13. The maximum atomic E-state index is 12.6. The Hall–Kier alpha value is -1.34. The molecule has 1 N–H and O–H groups in total. The smallest absolute Gasteiger partial charge is 0.340 e. The highest BCUT2D eigenvalue weighted by molar-refractivity contribution is 7.89. The molecule has 0 aliphatic carbocycles. The molecular formula is C13H21NO5S. The highest BCUT2D eigenvalue weighted by Gasteiger charge is 2.34. The van der Waals surface area contributed by atoms with Gasteiger partial charge in [0.2, 0.25) is 10.0 Å². The van der Waals surface area contributed by atoms with Gasteiger partial charge in [-0.2, -0.15) is 4.31 Å². The number of aromatic carboxylic acids is 1. The highest BCUT2D eigenvalue weighted by atomic mass is 32.2. The number of aryl methyl sites for hydroxylation is 2. The molecule has 0 spiro atoms. The zero-order chi connectivity index (χ0) is 15.5. The van der Waals surface area contributed by atoms with Crippen LogP contribution in [0.25, 0.3) is 0 Å². The maximum absolute atomic E-state index is 12.6. The highest BCUT2D eigenvalue weighted by Crippen LogP contribution is 2.29. The van der Waals surface area contributed by atoms with E-state index < -0.39 is 16.0 Å². The fraction of sp³-hybridized carbons (Fsp3) is 0.615. The van der Waals surface area contributed by atoms with E-state index in [0.29, 0.717) is 13.1 Å². The molecule has 0 unspecified atom stereocenters. The first kappa shape index (κ1) is 16.7. The summed E-state index contributed by atoms with van der Waals surface area (Å²) in [4.78, 5) is 11.1. The van der Waals surface area contributed by atoms with Crippen LogP contribution in [0.5, 0.6) is 0 Å². The number of unbranched alkanes of at least 4 members (excludes halogenated alkanes) is 1. The predicted octanol–water partition coefficient (Wildman–Crippen LogP) is 2.41. The molecule has 114 valence electrons. The lowest BCUT2D eigenvalue weighted by Crippen LogP contribution is -2.33. The van der Waals surface area contributed by atoms with E-state index in [1.54, 1.807) is 6.92 Å². The van der Waals surface area contributed by atoms with Crippen LogP contribution in [-0.2, 0) is 10.0 Å². The number of carboxylic acid groups (broad SMARTS) is 1. The Balaban J connectivity index is 3.38. The van der Waals surface area contributed by atoms with Crippen LogP contribution in [0.2, 0.25) is 0 Å². The molecule has 0 radical (unpaired) electrons. The number of nitrogens with zero attached hydrogens (tertiary/aromatic N) is 1. The van der Waals surface area contributed by atoms with Crippen molar-refractivity contribution in [1.29, 1.82) is 0 Å². The summed E-state index contributed by atoms with van der Waals surface area (Å²) in [5.74, 6) is -1.06. The molecule has 0 bridgehead atoms. The summed E-state index contributed by atoms with van der Waals surface area (Å²) in [6, 6.07) is 0. The molecule has 1 aromatic rings. The maximum Gasteiger partial charge on any atom is 0.340 e. The fourth-order valence-corrected chi connectivity index (χ4v) is 3.99. The minimum Gasteiger partial charge on any atom is -0.478 e. The molecule has 0 saturated carbocycles. The quantitative estimate of drug-likeness (QED) is 0.835. The Morgan fingerprint density at radius 3 is 2.30 bits per heavy atom. The van der Waals surface area contributed by atoms with Crippen LogP contribution in [0.1, 0.15) is 48.6 Å². The van der Waals surface area contributed by atoms with Crippen LogP contribution < -0.4 is 0 Å². The Kier molecular flexibility index (Phi) is 5.35. The lowest BCUT2D eigenvalue weighted by molar-refractivity contribution is 0.0691. The van der Waals surface area contributed by atoms with Crippen LogP contribution in [-0.4, -0.2) is 36.9 Å². The van der Waals surface area contributed by atoms with E-state index in [2.05, 4.69) is 0 Å². The van der Waals surface area contributed by atoms with E-state index in [1.807, 2.05) is 6.92 Å². The average Bonchev–Trinajstić information content (AvgIpc) is 2.65. The van der Waals surface area contributed by atoms with E-state index in [0.717, 1.165) is 12.8 Å². The number of furan rings is 1. The van der Waals surface area contributed by atoms with Gasteiger partial charge in [0, 0.05) is 13.1 Å². The standard InChI is InChI=1S/C13H21NO5S/c1-5-7-8-14(6-2)20(17,18)12-10(4)19-9(3)11(12)13(15)16/h5-8H2,1-4H3,(H,15,16). The molecule has 20 heavy (non-hydrogen) atoms. The number of hydrogen-bond donors (Lipinski definition) is 1. The Morgan fingerprint density at radius 1 is 1.25 bits per heavy atom. The van der Waals surface area contributed by atoms with E-state index in [1.165, 1.54) is 18.2 Å². The summed E-state index contributed by atoms with van der Waals surface area (Å²) in [5.41, 5.74) is -0.266. The summed E-state index contributed by atoms with van der Waals surface area (Å²) in [5, 5.41) is 9.21. The van der Waals surface area contributed by atoms with Crippen molar-refractivity contribution in [2.75, 3.05) is 13.1 Å². The molecule has 1 aromatic heterocycles. The first-order valence-corrected chi connectivity index (χ1v) is 8.04. The van der Waals surface area contributed by atoms with E-state index in [4.69, 9.17) is 4.42 Å². The molecule has 0 fully saturated rings. The topological polar surface area (TPSA) is 87.8 Å². The molecule has 0 saturated heterocycles. The molecule has 0 aromatic carbocycles. The molecule has 0 amide bonds. The normalized spacial score (nSPS) is 12.1. The largest absolute Gasteiger partial charge is 0.478 e. The van der Waals surface area contributed by atoms with E-state index >= 15 is 0 Å². The van der Waals surface area contributed by atoms with Crippen molar-refractivity contribution >= 4 is 16.0 Å². The molecule has 0 aliphatic heterocycles. The molecule has 0 atom stereocenters. The van der Waals surface area contributed by atoms with Gasteiger partial charge in [-0.15, -0.1) is 0 Å². The van der Waals surface area contributed by atoms with E-state index in [-0.39, 0.29) is 22.0 Å². The molecule has 6 nitrogen and oxygen atoms in total. The first-order valence-electron chi connectivity index (χ1n) is 6.60. The van der Waals surface area contributed by atoms with Crippen LogP contribution in [0.3, 0.4) is 0 Å². The number of sulfonamides is 1. The van der Waals surface area contributed by atoms with E-state index in [9.17, 15) is 18.3 Å². The summed E-state index contributed by atoms with van der Waals surface area (Å²) < 4.78 is 31.8. The third-order valence-electron chi connectivity index (χ3n) is 3.13. The van der Waals surface area contributed by atoms with Crippen molar-refractivity contribution in [2.45, 2.75) is 45.4 Å². The monoisotopic (exact) mass is 303 g/mol.